The molecule has 0 aliphatic heterocycles. The van der Waals surface area contributed by atoms with Crippen LogP contribution in [0.1, 0.15) is 4.88 Å². The summed E-state index contributed by atoms with van der Waals surface area (Å²) < 4.78 is 12.5. The molecular formula is C17H13N3O3S2. The number of methoxy groups -OCH3 is 2. The fraction of sp³-hybridized carbons (Fsp3) is 0.118. The van der Waals surface area contributed by atoms with Crippen LogP contribution in [0.2, 0.25) is 0 Å². The maximum atomic E-state index is 12.5. The summed E-state index contributed by atoms with van der Waals surface area (Å²) in [6.07, 6.45) is 1.87. The lowest BCUT2D eigenvalue weighted by Crippen LogP contribution is -2.23. The normalized spacial score (nSPS) is 12.0. The van der Waals surface area contributed by atoms with Gasteiger partial charge in [0.25, 0.3) is 5.56 Å². The Kier molecular flexibility index (Phi) is 3.98. The van der Waals surface area contributed by atoms with Crippen molar-refractivity contribution in [2.24, 2.45) is 0 Å². The number of hydrogen-bond donors (Lipinski definition) is 0. The summed E-state index contributed by atoms with van der Waals surface area (Å²) in [4.78, 5) is 18.6. The summed E-state index contributed by atoms with van der Waals surface area (Å²) in [6, 6.07) is 9.34. The Balaban J connectivity index is 1.80. The van der Waals surface area contributed by atoms with Crippen LogP contribution < -0.4 is 19.6 Å². The Labute approximate surface area is 150 Å². The SMILES string of the molecule is COc1ccc(-c2nc3sc(=Cc4cccs4)c(=O)n3n2)cc1OC. The molecule has 0 spiro atoms. The number of thiazole rings is 1. The predicted molar refractivity (Wildman–Crippen MR) is 98.8 cm³/mol. The monoisotopic (exact) mass is 371 g/mol. The van der Waals surface area contributed by atoms with Crippen molar-refractivity contribution in [1.82, 2.24) is 14.6 Å². The minimum absolute atomic E-state index is 0.160. The number of rotatable bonds is 4. The lowest BCUT2D eigenvalue weighted by atomic mass is 10.2. The molecule has 0 bridgehead atoms. The van der Waals surface area contributed by atoms with E-state index in [0.29, 0.717) is 26.8 Å². The first-order chi connectivity index (χ1) is 12.2. The van der Waals surface area contributed by atoms with E-state index >= 15 is 0 Å². The van der Waals surface area contributed by atoms with Crippen LogP contribution in [0, 0.1) is 0 Å². The van der Waals surface area contributed by atoms with Gasteiger partial charge in [0.1, 0.15) is 0 Å². The van der Waals surface area contributed by atoms with Crippen LogP contribution in [0.15, 0.2) is 40.5 Å². The average Bonchev–Trinajstić information content (AvgIpc) is 3.34. The molecule has 0 aliphatic rings. The molecule has 0 unspecified atom stereocenters. The van der Waals surface area contributed by atoms with Crippen LogP contribution in [0.5, 0.6) is 11.5 Å². The molecule has 0 atom stereocenters. The number of nitrogens with zero attached hydrogens (tertiary/aromatic N) is 3. The van der Waals surface area contributed by atoms with E-state index in [9.17, 15) is 4.79 Å². The van der Waals surface area contributed by atoms with Gasteiger partial charge < -0.3 is 9.47 Å². The first-order valence-corrected chi connectivity index (χ1v) is 9.06. The molecule has 0 N–H and O–H groups in total. The Bertz CT molecular complexity index is 1150. The van der Waals surface area contributed by atoms with Gasteiger partial charge in [-0.15, -0.1) is 16.4 Å². The van der Waals surface area contributed by atoms with Crippen molar-refractivity contribution in [2.45, 2.75) is 0 Å². The van der Waals surface area contributed by atoms with Gasteiger partial charge in [-0.05, 0) is 35.7 Å². The van der Waals surface area contributed by atoms with Crippen molar-refractivity contribution in [1.29, 1.82) is 0 Å². The third-order valence-electron chi connectivity index (χ3n) is 3.64. The molecule has 0 saturated carbocycles. The van der Waals surface area contributed by atoms with Gasteiger partial charge in [-0.25, -0.2) is 0 Å². The van der Waals surface area contributed by atoms with Crippen molar-refractivity contribution in [3.05, 3.63) is 55.5 Å². The molecule has 4 rings (SSSR count). The Morgan fingerprint density at radius 3 is 2.68 bits per heavy atom. The van der Waals surface area contributed by atoms with Gasteiger partial charge in [0.2, 0.25) is 4.96 Å². The van der Waals surface area contributed by atoms with E-state index in [1.165, 1.54) is 15.9 Å². The summed E-state index contributed by atoms with van der Waals surface area (Å²) in [5, 5.41) is 6.33. The molecule has 25 heavy (non-hydrogen) atoms. The van der Waals surface area contributed by atoms with Gasteiger partial charge in [0.15, 0.2) is 17.3 Å². The Morgan fingerprint density at radius 2 is 2.00 bits per heavy atom. The van der Waals surface area contributed by atoms with Crippen LogP contribution in [0.3, 0.4) is 0 Å². The first-order valence-electron chi connectivity index (χ1n) is 7.37. The van der Waals surface area contributed by atoms with Crippen LogP contribution in [0.4, 0.5) is 0 Å². The molecule has 0 fully saturated rings. The summed E-state index contributed by atoms with van der Waals surface area (Å²) in [5.74, 6) is 1.70. The highest BCUT2D eigenvalue weighted by Gasteiger charge is 2.14. The minimum Gasteiger partial charge on any atom is -0.493 e. The third-order valence-corrected chi connectivity index (χ3v) is 5.42. The number of thiophene rings is 1. The lowest BCUT2D eigenvalue weighted by molar-refractivity contribution is 0.355. The van der Waals surface area contributed by atoms with E-state index < -0.39 is 0 Å². The maximum Gasteiger partial charge on any atom is 0.291 e. The molecule has 0 saturated heterocycles. The summed E-state index contributed by atoms with van der Waals surface area (Å²) in [6.45, 7) is 0. The highest BCUT2D eigenvalue weighted by atomic mass is 32.1. The van der Waals surface area contributed by atoms with Gasteiger partial charge in [-0.3, -0.25) is 4.79 Å². The van der Waals surface area contributed by atoms with Gasteiger partial charge in [0, 0.05) is 10.4 Å². The lowest BCUT2D eigenvalue weighted by Gasteiger charge is -2.07. The van der Waals surface area contributed by atoms with Gasteiger partial charge in [-0.2, -0.15) is 9.50 Å². The molecule has 8 heteroatoms. The number of fused-ring (bicyclic) bond motifs is 1. The third kappa shape index (κ3) is 2.79. The van der Waals surface area contributed by atoms with Gasteiger partial charge in [0.05, 0.1) is 18.8 Å². The largest absolute Gasteiger partial charge is 0.493 e. The van der Waals surface area contributed by atoms with Crippen molar-refractivity contribution in [3.63, 3.8) is 0 Å². The zero-order valence-corrected chi connectivity index (χ0v) is 15.1. The molecule has 0 aliphatic carbocycles. The molecule has 1 aromatic carbocycles. The standard InChI is InChI=1S/C17H13N3O3S2/c1-22-12-6-5-10(8-13(12)23-2)15-18-17-20(19-15)16(21)14(25-17)9-11-4-3-7-24-11/h3-9H,1-2H3. The fourth-order valence-electron chi connectivity index (χ4n) is 2.43. The van der Waals surface area contributed by atoms with Crippen LogP contribution in [0.25, 0.3) is 22.4 Å². The van der Waals surface area contributed by atoms with E-state index in [1.807, 2.05) is 29.7 Å². The van der Waals surface area contributed by atoms with E-state index in [0.717, 1.165) is 10.4 Å². The van der Waals surface area contributed by atoms with Crippen molar-refractivity contribution in [2.75, 3.05) is 14.2 Å². The van der Waals surface area contributed by atoms with E-state index in [2.05, 4.69) is 10.1 Å². The molecule has 6 nitrogen and oxygen atoms in total. The molecule has 0 amide bonds. The van der Waals surface area contributed by atoms with Gasteiger partial charge in [-0.1, -0.05) is 17.4 Å². The van der Waals surface area contributed by atoms with Crippen LogP contribution >= 0.6 is 22.7 Å². The zero-order valence-electron chi connectivity index (χ0n) is 13.4. The summed E-state index contributed by atoms with van der Waals surface area (Å²) >= 11 is 2.91. The fourth-order valence-corrected chi connectivity index (χ4v) is 4.06. The quantitative estimate of drug-likeness (QED) is 0.551. The van der Waals surface area contributed by atoms with E-state index in [-0.39, 0.29) is 5.56 Å². The van der Waals surface area contributed by atoms with E-state index in [4.69, 9.17) is 9.47 Å². The van der Waals surface area contributed by atoms with Crippen LogP contribution in [-0.2, 0) is 0 Å². The highest BCUT2D eigenvalue weighted by Crippen LogP contribution is 2.31. The van der Waals surface area contributed by atoms with Gasteiger partial charge >= 0.3 is 0 Å². The van der Waals surface area contributed by atoms with E-state index in [1.54, 1.807) is 37.7 Å². The summed E-state index contributed by atoms with van der Waals surface area (Å²) in [7, 11) is 3.15. The second-order valence-electron chi connectivity index (χ2n) is 5.13. The number of benzene rings is 1. The minimum atomic E-state index is -0.160. The topological polar surface area (TPSA) is 65.7 Å². The van der Waals surface area contributed by atoms with Crippen molar-refractivity contribution < 1.29 is 9.47 Å². The number of aromatic nitrogens is 3. The molecule has 0 radical (unpaired) electrons. The molecular weight excluding hydrogens is 358 g/mol. The maximum absolute atomic E-state index is 12.5. The van der Waals surface area contributed by atoms with Crippen molar-refractivity contribution in [3.8, 4) is 22.9 Å². The number of hydrogen-bond acceptors (Lipinski definition) is 7. The summed E-state index contributed by atoms with van der Waals surface area (Å²) in [5.41, 5.74) is 0.601. The van der Waals surface area contributed by atoms with Crippen LogP contribution in [-0.4, -0.2) is 28.8 Å². The molecule has 3 aromatic heterocycles. The average molecular weight is 371 g/mol. The Hall–Kier alpha value is -2.71. The second-order valence-corrected chi connectivity index (χ2v) is 7.12. The smallest absolute Gasteiger partial charge is 0.291 e. The molecule has 126 valence electrons. The first kappa shape index (κ1) is 15.8. The Morgan fingerprint density at radius 1 is 1.16 bits per heavy atom. The van der Waals surface area contributed by atoms with Crippen molar-refractivity contribution >= 4 is 33.7 Å². The molecule has 4 aromatic rings. The number of ether oxygens (including phenoxy) is 2. The molecule has 3 heterocycles. The zero-order chi connectivity index (χ0) is 17.4. The second kappa shape index (κ2) is 6.30. The predicted octanol–water partition coefficient (Wildman–Crippen LogP) is 2.44. The highest BCUT2D eigenvalue weighted by molar-refractivity contribution is 7.15.